The second kappa shape index (κ2) is 12.1. The molecule has 1 aromatic heterocycles. The number of ether oxygens (including phenoxy) is 1. The van der Waals surface area contributed by atoms with E-state index in [1.165, 1.54) is 12.1 Å². The molecule has 2 aromatic carbocycles. The fraction of sp³-hybridized carbons (Fsp3) is 0.241. The minimum Gasteiger partial charge on any atom is -0.457 e. The van der Waals surface area contributed by atoms with E-state index in [2.05, 4.69) is 30.2 Å². The molecular weight excluding hydrogens is 446 g/mol. The van der Waals surface area contributed by atoms with Gasteiger partial charge in [-0.2, -0.15) is 0 Å². The van der Waals surface area contributed by atoms with E-state index in [1.54, 1.807) is 37.4 Å². The smallest absolute Gasteiger partial charge is 0.251 e. The summed E-state index contributed by atoms with van der Waals surface area (Å²) in [6, 6.07) is 12.0. The number of allylic oxidation sites excluding steroid dienone is 4. The minimum atomic E-state index is -0.686. The third-order valence-electron chi connectivity index (χ3n) is 5.31. The number of hydrogen-bond acceptors (Lipinski definition) is 3. The van der Waals surface area contributed by atoms with Crippen molar-refractivity contribution in [1.82, 2.24) is 10.3 Å². The van der Waals surface area contributed by atoms with Crippen molar-refractivity contribution in [2.45, 2.75) is 40.7 Å². The molecule has 0 saturated carbocycles. The zero-order valence-corrected chi connectivity index (χ0v) is 20.4. The van der Waals surface area contributed by atoms with Crippen LogP contribution < -0.4 is 10.1 Å². The molecule has 0 bridgehead atoms. The lowest BCUT2D eigenvalue weighted by Gasteiger charge is -2.14. The van der Waals surface area contributed by atoms with Crippen LogP contribution in [0.25, 0.3) is 5.57 Å². The lowest BCUT2D eigenvalue weighted by atomic mass is 10.0. The molecule has 0 spiro atoms. The number of amides is 1. The monoisotopic (exact) mass is 476 g/mol. The van der Waals surface area contributed by atoms with Gasteiger partial charge < -0.3 is 10.1 Å². The van der Waals surface area contributed by atoms with Crippen molar-refractivity contribution in [3.05, 3.63) is 107 Å². The van der Waals surface area contributed by atoms with Gasteiger partial charge in [-0.15, -0.1) is 0 Å². The zero-order valence-electron chi connectivity index (χ0n) is 20.4. The quantitative estimate of drug-likeness (QED) is 0.328. The topological polar surface area (TPSA) is 51.2 Å². The standard InChI is InChI=1S/C29H30F2N2O2/c1-5-7-22(11-10-19(2)3)27-17-25(12-13-32-27)35-28-9-6-8-26(20(28)4)29(34)33-18-21-14-23(30)16-24(31)15-21/h5-9,11-17,19H,10,18H2,1-4H3,(H,33,34)/b7-5-,22-11+. The van der Waals surface area contributed by atoms with Crippen LogP contribution in [0.1, 0.15) is 54.4 Å². The summed E-state index contributed by atoms with van der Waals surface area (Å²) in [7, 11) is 0. The van der Waals surface area contributed by atoms with Gasteiger partial charge in [-0.25, -0.2) is 8.78 Å². The maximum atomic E-state index is 13.4. The van der Waals surface area contributed by atoms with Crippen molar-refractivity contribution in [2.24, 2.45) is 5.92 Å². The Balaban J connectivity index is 1.78. The van der Waals surface area contributed by atoms with E-state index in [0.29, 0.717) is 34.1 Å². The molecule has 0 aliphatic rings. The molecule has 0 aliphatic heterocycles. The summed E-state index contributed by atoms with van der Waals surface area (Å²) in [4.78, 5) is 17.3. The fourth-order valence-corrected chi connectivity index (χ4v) is 3.52. The Morgan fingerprint density at radius 1 is 1.11 bits per heavy atom. The molecule has 1 heterocycles. The van der Waals surface area contributed by atoms with E-state index in [9.17, 15) is 13.6 Å². The van der Waals surface area contributed by atoms with Crippen LogP contribution in [-0.2, 0) is 6.54 Å². The van der Waals surface area contributed by atoms with E-state index in [-0.39, 0.29) is 12.5 Å². The largest absolute Gasteiger partial charge is 0.457 e. The van der Waals surface area contributed by atoms with Crippen LogP contribution in [0.3, 0.4) is 0 Å². The molecule has 0 fully saturated rings. The molecule has 4 nitrogen and oxygen atoms in total. The predicted molar refractivity (Wildman–Crippen MR) is 135 cm³/mol. The lowest BCUT2D eigenvalue weighted by molar-refractivity contribution is 0.0950. The summed E-state index contributed by atoms with van der Waals surface area (Å²) >= 11 is 0. The fourth-order valence-electron chi connectivity index (χ4n) is 3.52. The van der Waals surface area contributed by atoms with Crippen LogP contribution in [0.4, 0.5) is 8.78 Å². The number of nitrogens with zero attached hydrogens (tertiary/aromatic N) is 1. The molecule has 0 saturated heterocycles. The zero-order chi connectivity index (χ0) is 25.4. The van der Waals surface area contributed by atoms with E-state index in [1.807, 2.05) is 25.1 Å². The van der Waals surface area contributed by atoms with E-state index < -0.39 is 11.6 Å². The SMILES string of the molecule is C/C=C\C(=C/CC(C)C)c1cc(Oc2cccc(C(=O)NCc3cc(F)cc(F)c3)c2C)ccn1. The number of rotatable bonds is 9. The van der Waals surface area contributed by atoms with Crippen LogP contribution >= 0.6 is 0 Å². The van der Waals surface area contributed by atoms with Gasteiger partial charge in [-0.1, -0.05) is 38.1 Å². The Labute approximate surface area is 205 Å². The molecule has 182 valence electrons. The molecule has 3 rings (SSSR count). The van der Waals surface area contributed by atoms with Crippen molar-refractivity contribution in [3.8, 4) is 11.5 Å². The Morgan fingerprint density at radius 3 is 2.54 bits per heavy atom. The van der Waals surface area contributed by atoms with Gasteiger partial charge in [0, 0.05) is 36.0 Å². The summed E-state index contributed by atoms with van der Waals surface area (Å²) in [5, 5.41) is 2.71. The van der Waals surface area contributed by atoms with Gasteiger partial charge in [0.1, 0.15) is 23.1 Å². The number of aromatic nitrogens is 1. The van der Waals surface area contributed by atoms with E-state index in [4.69, 9.17) is 4.74 Å². The van der Waals surface area contributed by atoms with Crippen molar-refractivity contribution in [2.75, 3.05) is 0 Å². The average molecular weight is 477 g/mol. The summed E-state index contributed by atoms with van der Waals surface area (Å²) < 4.78 is 33.0. The summed E-state index contributed by atoms with van der Waals surface area (Å²) in [5.41, 5.74) is 3.23. The van der Waals surface area contributed by atoms with Gasteiger partial charge in [0.2, 0.25) is 0 Å². The van der Waals surface area contributed by atoms with Crippen LogP contribution in [0, 0.1) is 24.5 Å². The third-order valence-corrected chi connectivity index (χ3v) is 5.31. The molecule has 0 aliphatic carbocycles. The van der Waals surface area contributed by atoms with Gasteiger partial charge in [0.05, 0.1) is 5.69 Å². The van der Waals surface area contributed by atoms with Crippen LogP contribution in [0.5, 0.6) is 11.5 Å². The summed E-state index contributed by atoms with van der Waals surface area (Å²) in [5.74, 6) is -0.0641. The predicted octanol–water partition coefficient (Wildman–Crippen LogP) is 7.40. The lowest BCUT2D eigenvalue weighted by Crippen LogP contribution is -2.23. The highest BCUT2D eigenvalue weighted by Crippen LogP contribution is 2.29. The number of nitrogens with one attached hydrogen (secondary N) is 1. The van der Waals surface area contributed by atoms with Crippen LogP contribution in [0.2, 0.25) is 0 Å². The molecule has 3 aromatic rings. The Morgan fingerprint density at radius 2 is 1.86 bits per heavy atom. The number of carbonyl (C=O) groups excluding carboxylic acids is 1. The van der Waals surface area contributed by atoms with E-state index in [0.717, 1.165) is 23.8 Å². The number of hydrogen-bond donors (Lipinski definition) is 1. The minimum absolute atomic E-state index is 0.00217. The second-order valence-corrected chi connectivity index (χ2v) is 8.66. The maximum absolute atomic E-state index is 13.4. The normalized spacial score (nSPS) is 11.8. The molecule has 0 unspecified atom stereocenters. The Bertz CT molecular complexity index is 1230. The van der Waals surface area contributed by atoms with Gasteiger partial charge in [0.15, 0.2) is 0 Å². The second-order valence-electron chi connectivity index (χ2n) is 8.66. The molecule has 1 amide bonds. The highest BCUT2D eigenvalue weighted by molar-refractivity contribution is 5.96. The third kappa shape index (κ3) is 7.34. The Hall–Kier alpha value is -3.80. The number of halogens is 2. The summed E-state index contributed by atoms with van der Waals surface area (Å²) in [6.07, 6.45) is 8.80. The van der Waals surface area contributed by atoms with Crippen molar-refractivity contribution < 1.29 is 18.3 Å². The molecule has 6 heteroatoms. The highest BCUT2D eigenvalue weighted by Gasteiger charge is 2.14. The molecule has 1 N–H and O–H groups in total. The summed E-state index contributed by atoms with van der Waals surface area (Å²) in [6.45, 7) is 8.09. The Kier molecular flexibility index (Phi) is 8.90. The average Bonchev–Trinajstić information content (AvgIpc) is 2.81. The molecular formula is C29H30F2N2O2. The van der Waals surface area contributed by atoms with Gasteiger partial charge in [-0.05, 0) is 67.7 Å². The van der Waals surface area contributed by atoms with Crippen molar-refractivity contribution in [1.29, 1.82) is 0 Å². The van der Waals surface area contributed by atoms with Crippen molar-refractivity contribution in [3.63, 3.8) is 0 Å². The first kappa shape index (κ1) is 25.8. The first-order valence-electron chi connectivity index (χ1n) is 11.6. The van der Waals surface area contributed by atoms with Crippen molar-refractivity contribution >= 4 is 11.5 Å². The number of pyridine rings is 1. The first-order chi connectivity index (χ1) is 16.8. The van der Waals surface area contributed by atoms with Crippen LogP contribution in [0.15, 0.2) is 73.0 Å². The molecule has 0 radical (unpaired) electrons. The van der Waals surface area contributed by atoms with Gasteiger partial charge >= 0.3 is 0 Å². The van der Waals surface area contributed by atoms with Crippen LogP contribution in [-0.4, -0.2) is 10.9 Å². The number of carbonyl (C=O) groups is 1. The van der Waals surface area contributed by atoms with E-state index >= 15 is 0 Å². The van der Waals surface area contributed by atoms with Gasteiger partial charge in [-0.3, -0.25) is 9.78 Å². The molecule has 0 atom stereocenters. The van der Waals surface area contributed by atoms with Gasteiger partial charge in [0.25, 0.3) is 5.91 Å². The number of benzene rings is 2. The first-order valence-corrected chi connectivity index (χ1v) is 11.6. The highest BCUT2D eigenvalue weighted by atomic mass is 19.1. The molecule has 35 heavy (non-hydrogen) atoms. The maximum Gasteiger partial charge on any atom is 0.251 e.